The summed E-state index contributed by atoms with van der Waals surface area (Å²) in [4.78, 5) is 23.7. The lowest BCUT2D eigenvalue weighted by Crippen LogP contribution is -2.38. The Bertz CT molecular complexity index is 1340. The SMILES string of the molecule is CCSC1=NC(c2ccccc2)=NC(=O)C1=P(c1ccccc1)(c1ccccc1)c1ccccc1. The molecule has 3 nitrogen and oxygen atoms in total. The minimum absolute atomic E-state index is 0.209. The Balaban J connectivity index is 1.94. The van der Waals surface area contributed by atoms with Crippen molar-refractivity contribution >= 4 is 56.6 Å². The summed E-state index contributed by atoms with van der Waals surface area (Å²) in [5.74, 6) is 1.07. The van der Waals surface area contributed by atoms with E-state index in [1.165, 1.54) is 0 Å². The molecule has 5 heteroatoms. The number of hydrogen-bond donors (Lipinski definition) is 0. The molecule has 0 spiro atoms. The number of aliphatic imine (C=N–C) groups is 2. The van der Waals surface area contributed by atoms with E-state index in [1.807, 2.05) is 84.9 Å². The Morgan fingerprint density at radius 1 is 0.629 bits per heavy atom. The van der Waals surface area contributed by atoms with Crippen LogP contribution in [0.3, 0.4) is 0 Å². The molecule has 0 N–H and O–H groups in total. The van der Waals surface area contributed by atoms with E-state index in [9.17, 15) is 4.79 Å². The van der Waals surface area contributed by atoms with Gasteiger partial charge in [0, 0.05) is 5.56 Å². The maximum atomic E-state index is 14.1. The lowest BCUT2D eigenvalue weighted by Gasteiger charge is -2.33. The number of hydrogen-bond acceptors (Lipinski definition) is 3. The van der Waals surface area contributed by atoms with Gasteiger partial charge in [-0.1, -0.05) is 128 Å². The normalized spacial score (nSPS) is 13.9. The number of amidine groups is 1. The molecule has 0 radical (unpaired) electrons. The molecule has 35 heavy (non-hydrogen) atoms. The van der Waals surface area contributed by atoms with Crippen LogP contribution >= 0.6 is 18.6 Å². The fraction of sp³-hybridized carbons (Fsp3) is 0.0667. The molecule has 5 rings (SSSR count). The van der Waals surface area contributed by atoms with Crippen LogP contribution in [-0.2, 0) is 4.79 Å². The van der Waals surface area contributed by atoms with Gasteiger partial charge in [0.25, 0.3) is 5.91 Å². The quantitative estimate of drug-likeness (QED) is 0.355. The van der Waals surface area contributed by atoms with Crippen molar-refractivity contribution in [3.63, 3.8) is 0 Å². The van der Waals surface area contributed by atoms with Gasteiger partial charge in [-0.2, -0.15) is 4.99 Å². The third kappa shape index (κ3) is 4.36. The van der Waals surface area contributed by atoms with E-state index in [0.717, 1.165) is 32.3 Å². The highest BCUT2D eigenvalue weighted by molar-refractivity contribution is 8.18. The Hall–Kier alpha value is -3.46. The highest BCUT2D eigenvalue weighted by Crippen LogP contribution is 2.48. The number of carbonyl (C=O) groups excluding carboxylic acids is 1. The average Bonchev–Trinajstić information content (AvgIpc) is 2.93. The fourth-order valence-corrected chi connectivity index (χ4v) is 9.90. The molecular weight excluding hydrogens is 467 g/mol. The summed E-state index contributed by atoms with van der Waals surface area (Å²) in [5, 5.41) is 4.81. The van der Waals surface area contributed by atoms with Crippen LogP contribution in [0.15, 0.2) is 131 Å². The number of rotatable bonds is 5. The van der Waals surface area contributed by atoms with Gasteiger partial charge in [0.2, 0.25) is 0 Å². The zero-order valence-electron chi connectivity index (χ0n) is 19.4. The first kappa shape index (κ1) is 23.3. The molecule has 0 unspecified atom stereocenters. The molecule has 0 saturated heterocycles. The second-order valence-corrected chi connectivity index (χ2v) is 12.6. The first-order valence-corrected chi connectivity index (χ1v) is 14.4. The van der Waals surface area contributed by atoms with Crippen LogP contribution in [0.2, 0.25) is 0 Å². The van der Waals surface area contributed by atoms with Crippen LogP contribution < -0.4 is 15.9 Å². The largest absolute Gasteiger partial charge is 0.282 e. The number of nitrogens with zero attached hydrogens (tertiary/aromatic N) is 2. The predicted octanol–water partition coefficient (Wildman–Crippen LogP) is 5.29. The van der Waals surface area contributed by atoms with Crippen molar-refractivity contribution in [2.24, 2.45) is 9.98 Å². The second-order valence-electron chi connectivity index (χ2n) is 7.98. The van der Waals surface area contributed by atoms with E-state index < -0.39 is 6.89 Å². The second kappa shape index (κ2) is 10.4. The minimum atomic E-state index is -2.58. The summed E-state index contributed by atoms with van der Waals surface area (Å²) >= 11 is 1.61. The predicted molar refractivity (Wildman–Crippen MR) is 154 cm³/mol. The number of carbonyl (C=O) groups is 1. The highest BCUT2D eigenvalue weighted by atomic mass is 32.2. The lowest BCUT2D eigenvalue weighted by molar-refractivity contribution is -0.111. The van der Waals surface area contributed by atoms with Gasteiger partial charge in [-0.05, 0) is 28.6 Å². The highest BCUT2D eigenvalue weighted by Gasteiger charge is 2.37. The molecule has 0 aliphatic carbocycles. The van der Waals surface area contributed by atoms with Crippen molar-refractivity contribution in [1.29, 1.82) is 0 Å². The van der Waals surface area contributed by atoms with Gasteiger partial charge in [0.15, 0.2) is 5.84 Å². The molecule has 172 valence electrons. The average molecular weight is 493 g/mol. The van der Waals surface area contributed by atoms with Crippen LogP contribution in [0.1, 0.15) is 12.5 Å². The Kier molecular flexibility index (Phi) is 6.94. The monoisotopic (exact) mass is 492 g/mol. The molecule has 0 bridgehead atoms. The molecule has 1 aliphatic rings. The standard InChI is InChI=1S/C30H25N2OPS/c1-2-35-30-27(29(33)31-28(32-30)23-15-7-3-8-16-23)34(24-17-9-4-10-18-24,25-19-11-5-12-20-25)26-21-13-6-14-22-26/h3-22H,2H2,1H3. The van der Waals surface area contributed by atoms with Gasteiger partial charge in [-0.25, -0.2) is 4.99 Å². The summed E-state index contributed by atoms with van der Waals surface area (Å²) in [5.41, 5.74) is 0.845. The van der Waals surface area contributed by atoms with Gasteiger partial charge in [-0.15, -0.1) is 11.8 Å². The van der Waals surface area contributed by atoms with Crippen LogP contribution in [0.4, 0.5) is 0 Å². The maximum absolute atomic E-state index is 14.1. The number of thioether (sulfide) groups is 1. The molecular formula is C30H25N2OPS. The van der Waals surface area contributed by atoms with Crippen LogP contribution in [-0.4, -0.2) is 27.8 Å². The van der Waals surface area contributed by atoms with Crippen molar-refractivity contribution in [3.8, 4) is 0 Å². The zero-order valence-corrected chi connectivity index (χ0v) is 21.1. The first-order valence-electron chi connectivity index (χ1n) is 11.6. The number of amides is 1. The summed E-state index contributed by atoms with van der Waals surface area (Å²) in [6, 6.07) is 40.9. The van der Waals surface area contributed by atoms with E-state index in [2.05, 4.69) is 48.3 Å². The van der Waals surface area contributed by atoms with Crippen LogP contribution in [0.25, 0.3) is 0 Å². The van der Waals surface area contributed by atoms with E-state index in [0.29, 0.717) is 11.1 Å². The van der Waals surface area contributed by atoms with Gasteiger partial charge < -0.3 is 0 Å². The lowest BCUT2D eigenvalue weighted by atomic mass is 10.2. The van der Waals surface area contributed by atoms with Gasteiger partial charge >= 0.3 is 0 Å². The molecule has 0 saturated carbocycles. The molecule has 1 heterocycles. The van der Waals surface area contributed by atoms with E-state index >= 15 is 0 Å². The van der Waals surface area contributed by atoms with E-state index in [-0.39, 0.29) is 5.91 Å². The first-order chi connectivity index (χ1) is 17.2. The van der Waals surface area contributed by atoms with Crippen LogP contribution in [0.5, 0.6) is 0 Å². The molecule has 1 aliphatic heterocycles. The molecule has 4 aromatic carbocycles. The topological polar surface area (TPSA) is 41.8 Å². The van der Waals surface area contributed by atoms with Gasteiger partial charge in [0.1, 0.15) is 5.04 Å². The summed E-state index contributed by atoms with van der Waals surface area (Å²) in [7, 11) is 0. The summed E-state index contributed by atoms with van der Waals surface area (Å²) in [6.07, 6.45) is 0. The van der Waals surface area contributed by atoms with Crippen molar-refractivity contribution in [3.05, 3.63) is 127 Å². The molecule has 1 amide bonds. The maximum Gasteiger partial charge on any atom is 0.282 e. The summed E-state index contributed by atoms with van der Waals surface area (Å²) in [6.45, 7) is -0.486. The number of benzene rings is 4. The smallest absolute Gasteiger partial charge is 0.267 e. The van der Waals surface area contributed by atoms with Crippen molar-refractivity contribution in [1.82, 2.24) is 0 Å². The fourth-order valence-electron chi connectivity index (χ4n) is 4.44. The zero-order chi connectivity index (χ0) is 24.1. The minimum Gasteiger partial charge on any atom is -0.267 e. The molecule has 4 aromatic rings. The Labute approximate surface area is 210 Å². The summed E-state index contributed by atoms with van der Waals surface area (Å²) < 4.78 is 0. The van der Waals surface area contributed by atoms with Crippen molar-refractivity contribution in [2.45, 2.75) is 6.92 Å². The van der Waals surface area contributed by atoms with Crippen molar-refractivity contribution in [2.75, 3.05) is 5.75 Å². The molecule has 0 aromatic heterocycles. The van der Waals surface area contributed by atoms with Gasteiger partial charge in [0.05, 0.1) is 5.29 Å². The van der Waals surface area contributed by atoms with Crippen molar-refractivity contribution < 1.29 is 4.79 Å². The third-order valence-corrected chi connectivity index (χ3v) is 11.2. The Morgan fingerprint density at radius 3 is 1.49 bits per heavy atom. The van der Waals surface area contributed by atoms with E-state index in [1.54, 1.807) is 11.8 Å². The van der Waals surface area contributed by atoms with Gasteiger partial charge in [-0.3, -0.25) is 4.79 Å². The molecule has 0 fully saturated rings. The van der Waals surface area contributed by atoms with E-state index in [4.69, 9.17) is 4.99 Å². The molecule has 0 atom stereocenters. The third-order valence-electron chi connectivity index (χ3n) is 5.90. The Morgan fingerprint density at radius 2 is 1.06 bits per heavy atom. The van der Waals surface area contributed by atoms with Crippen LogP contribution in [0, 0.1) is 0 Å².